The summed E-state index contributed by atoms with van der Waals surface area (Å²) in [7, 11) is 0. The molecule has 0 radical (unpaired) electrons. The molecule has 0 amide bonds. The van der Waals surface area contributed by atoms with Crippen LogP contribution in [0.2, 0.25) is 0 Å². The van der Waals surface area contributed by atoms with E-state index in [1.165, 1.54) is 0 Å². The molecule has 1 N–H and O–H groups in total. The number of hydrogen-bond donors (Lipinski definition) is 1. The molecule has 14 heteroatoms. The van der Waals surface area contributed by atoms with Gasteiger partial charge in [0.05, 0.1) is 0 Å². The van der Waals surface area contributed by atoms with Gasteiger partial charge in [-0.2, -0.15) is 18.2 Å². The van der Waals surface area contributed by atoms with E-state index >= 15 is 0 Å². The summed E-state index contributed by atoms with van der Waals surface area (Å²) in [4.78, 5) is 6.35. The second-order valence-electron chi connectivity index (χ2n) is 9.97. The lowest BCUT2D eigenvalue weighted by Crippen LogP contribution is -2.48. The molecule has 5 atom stereocenters. The first kappa shape index (κ1) is 24.0. The molecule has 3 aromatic rings. The highest BCUT2D eigenvalue weighted by Crippen LogP contribution is 2.45. The minimum absolute atomic E-state index is 0.00289. The summed E-state index contributed by atoms with van der Waals surface area (Å²) in [6, 6.07) is 0.211. The van der Waals surface area contributed by atoms with Crippen molar-refractivity contribution in [2.24, 2.45) is 11.8 Å². The summed E-state index contributed by atoms with van der Waals surface area (Å²) in [6.07, 6.45) is -3.35. The molecular weight excluding hydrogens is 504 g/mol. The van der Waals surface area contributed by atoms with Crippen LogP contribution in [-0.4, -0.2) is 50.3 Å². The van der Waals surface area contributed by atoms with Crippen LogP contribution in [0, 0.1) is 36.2 Å². The first-order valence-corrected chi connectivity index (χ1v) is 12.1. The average molecular weight is 527 g/mol. The molecule has 1 saturated heterocycles. The number of halogens is 6. The number of anilines is 2. The standard InChI is InChI=1S/C23H23F6N7O/c1-10-32-33-22(37-10)35-8-11-2-3-12(9-35)19(11)30-21-31-20-14(13-4-6-15(24)18(26)17(13)25)5-7-16(23(27,28)29)36(20)34-21/h4,6,11-12,14,16,19H,2-3,5,7-9H2,1H3,(H,30,34)/t11-,12?,14?,16?,19?/m0/s1. The number of piperidine rings is 1. The molecule has 1 saturated carbocycles. The number of alkyl halides is 3. The van der Waals surface area contributed by atoms with Gasteiger partial charge in [-0.1, -0.05) is 11.2 Å². The van der Waals surface area contributed by atoms with Gasteiger partial charge in [-0.05, 0) is 43.6 Å². The molecule has 2 bridgehead atoms. The van der Waals surface area contributed by atoms with Gasteiger partial charge >= 0.3 is 12.2 Å². The van der Waals surface area contributed by atoms with Gasteiger partial charge < -0.3 is 14.6 Å². The van der Waals surface area contributed by atoms with E-state index in [1.54, 1.807) is 6.92 Å². The molecule has 1 aromatic carbocycles. The van der Waals surface area contributed by atoms with E-state index in [0.29, 0.717) is 25.0 Å². The summed E-state index contributed by atoms with van der Waals surface area (Å²) in [5, 5.41) is 15.3. The molecule has 6 rings (SSSR count). The van der Waals surface area contributed by atoms with Gasteiger partial charge in [-0.3, -0.25) is 0 Å². The van der Waals surface area contributed by atoms with Crippen molar-refractivity contribution in [2.75, 3.05) is 23.3 Å². The van der Waals surface area contributed by atoms with Crippen molar-refractivity contribution in [3.8, 4) is 0 Å². The normalized spacial score (nSPS) is 27.4. The van der Waals surface area contributed by atoms with Crippen molar-refractivity contribution in [1.82, 2.24) is 25.0 Å². The summed E-state index contributed by atoms with van der Waals surface area (Å²) in [5.41, 5.74) is -0.247. The highest BCUT2D eigenvalue weighted by atomic mass is 19.4. The van der Waals surface area contributed by atoms with E-state index in [-0.39, 0.29) is 41.6 Å². The molecule has 2 aromatic heterocycles. The smallest absolute Gasteiger partial charge is 0.408 e. The monoisotopic (exact) mass is 527 g/mol. The largest absolute Gasteiger partial charge is 0.410 e. The molecule has 1 aliphatic carbocycles. The van der Waals surface area contributed by atoms with Crippen LogP contribution < -0.4 is 10.2 Å². The summed E-state index contributed by atoms with van der Waals surface area (Å²) < 4.78 is 89.9. The number of benzene rings is 1. The Labute approximate surface area is 207 Å². The third-order valence-electron chi connectivity index (χ3n) is 7.73. The lowest BCUT2D eigenvalue weighted by Gasteiger charge is -2.37. The average Bonchev–Trinajstić information content (AvgIpc) is 3.52. The Kier molecular flexibility index (Phi) is 5.60. The number of aromatic nitrogens is 5. The molecule has 3 aliphatic rings. The van der Waals surface area contributed by atoms with Crippen LogP contribution in [0.15, 0.2) is 16.5 Å². The van der Waals surface area contributed by atoms with Crippen molar-refractivity contribution < 1.29 is 30.8 Å². The van der Waals surface area contributed by atoms with Gasteiger partial charge in [0.25, 0.3) is 0 Å². The predicted octanol–water partition coefficient (Wildman–Crippen LogP) is 4.74. The molecule has 37 heavy (non-hydrogen) atoms. The maximum atomic E-state index is 14.6. The predicted molar refractivity (Wildman–Crippen MR) is 117 cm³/mol. The van der Waals surface area contributed by atoms with Crippen LogP contribution >= 0.6 is 0 Å². The van der Waals surface area contributed by atoms with Crippen molar-refractivity contribution in [3.63, 3.8) is 0 Å². The van der Waals surface area contributed by atoms with Crippen molar-refractivity contribution in [2.45, 2.75) is 56.8 Å². The summed E-state index contributed by atoms with van der Waals surface area (Å²) in [6.45, 7) is 2.95. The zero-order valence-corrected chi connectivity index (χ0v) is 19.6. The Balaban J connectivity index is 1.30. The Bertz CT molecular complexity index is 1310. The van der Waals surface area contributed by atoms with E-state index in [0.717, 1.165) is 29.7 Å². The van der Waals surface area contributed by atoms with Gasteiger partial charge in [-0.15, -0.1) is 10.2 Å². The Morgan fingerprint density at radius 3 is 2.35 bits per heavy atom. The lowest BCUT2D eigenvalue weighted by atomic mass is 9.88. The second-order valence-corrected chi connectivity index (χ2v) is 9.97. The van der Waals surface area contributed by atoms with Crippen LogP contribution in [0.1, 0.15) is 54.9 Å². The fraction of sp³-hybridized carbons (Fsp3) is 0.565. The fourth-order valence-electron chi connectivity index (χ4n) is 6.02. The topological polar surface area (TPSA) is 84.9 Å². The lowest BCUT2D eigenvalue weighted by molar-refractivity contribution is -0.175. The Morgan fingerprint density at radius 2 is 1.70 bits per heavy atom. The molecule has 2 aliphatic heterocycles. The first-order valence-electron chi connectivity index (χ1n) is 12.1. The van der Waals surface area contributed by atoms with Crippen LogP contribution in [0.25, 0.3) is 0 Å². The van der Waals surface area contributed by atoms with Crippen LogP contribution in [0.5, 0.6) is 0 Å². The maximum Gasteiger partial charge on any atom is 0.410 e. The van der Waals surface area contributed by atoms with Gasteiger partial charge in [0.15, 0.2) is 17.5 Å². The number of nitrogens with zero attached hydrogens (tertiary/aromatic N) is 6. The maximum absolute atomic E-state index is 14.6. The van der Waals surface area contributed by atoms with Crippen LogP contribution in [-0.2, 0) is 0 Å². The molecule has 4 heterocycles. The fourth-order valence-corrected chi connectivity index (χ4v) is 6.02. The molecule has 0 spiro atoms. The SMILES string of the molecule is Cc1nnc(N2CC3CC[C@@H](C2)C3Nc2nc3n(n2)C(C(F)(F)F)CCC3c2ccc(F)c(F)c2F)o1. The second kappa shape index (κ2) is 8.62. The molecule has 198 valence electrons. The minimum atomic E-state index is -4.61. The van der Waals surface area contributed by atoms with Gasteiger partial charge in [-0.25, -0.2) is 17.9 Å². The zero-order valence-electron chi connectivity index (χ0n) is 19.6. The summed E-state index contributed by atoms with van der Waals surface area (Å²) >= 11 is 0. The van der Waals surface area contributed by atoms with Gasteiger partial charge in [0, 0.05) is 37.5 Å². The van der Waals surface area contributed by atoms with Gasteiger partial charge in [0.2, 0.25) is 11.8 Å². The molecule has 8 nitrogen and oxygen atoms in total. The number of fused-ring (bicyclic) bond motifs is 3. The zero-order chi connectivity index (χ0) is 26.1. The van der Waals surface area contributed by atoms with E-state index < -0.39 is 42.0 Å². The van der Waals surface area contributed by atoms with Crippen molar-refractivity contribution in [1.29, 1.82) is 0 Å². The van der Waals surface area contributed by atoms with Crippen LogP contribution in [0.3, 0.4) is 0 Å². The minimum Gasteiger partial charge on any atom is -0.408 e. The third-order valence-corrected chi connectivity index (χ3v) is 7.73. The number of rotatable bonds is 4. The Morgan fingerprint density at radius 1 is 0.973 bits per heavy atom. The van der Waals surface area contributed by atoms with E-state index in [9.17, 15) is 26.3 Å². The molecule has 4 unspecified atom stereocenters. The Hall–Kier alpha value is -3.32. The van der Waals surface area contributed by atoms with E-state index in [2.05, 4.69) is 25.6 Å². The van der Waals surface area contributed by atoms with E-state index in [4.69, 9.17) is 4.42 Å². The quantitative estimate of drug-likeness (QED) is 0.388. The van der Waals surface area contributed by atoms with Gasteiger partial charge in [0.1, 0.15) is 11.9 Å². The molecular formula is C23H23F6N7O. The van der Waals surface area contributed by atoms with Crippen molar-refractivity contribution >= 4 is 12.0 Å². The highest BCUT2D eigenvalue weighted by Gasteiger charge is 2.48. The first-order chi connectivity index (χ1) is 17.6. The number of nitrogens with one attached hydrogen (secondary N) is 1. The van der Waals surface area contributed by atoms with Crippen LogP contribution in [0.4, 0.5) is 38.3 Å². The third kappa shape index (κ3) is 4.09. The molecule has 2 fully saturated rings. The number of aryl methyl sites for hydroxylation is 1. The summed E-state index contributed by atoms with van der Waals surface area (Å²) in [5.74, 6) is -4.85. The van der Waals surface area contributed by atoms with Crippen molar-refractivity contribution in [3.05, 3.63) is 46.9 Å². The highest BCUT2D eigenvalue weighted by molar-refractivity contribution is 5.37. The van der Waals surface area contributed by atoms with E-state index in [1.807, 2.05) is 4.90 Å². The number of hydrogen-bond acceptors (Lipinski definition) is 7.